The molecule has 1 saturated carbocycles. The smallest absolute Gasteiger partial charge is 0.261 e. The first-order valence-corrected chi connectivity index (χ1v) is 10.6. The van der Waals surface area contributed by atoms with Gasteiger partial charge < -0.3 is 10.1 Å². The van der Waals surface area contributed by atoms with Crippen LogP contribution in [-0.4, -0.2) is 34.1 Å². The van der Waals surface area contributed by atoms with Crippen LogP contribution in [0.2, 0.25) is 0 Å². The fraction of sp³-hybridized carbons (Fsp3) is 0.350. The molecule has 1 fully saturated rings. The normalized spacial score (nSPS) is 13.9. The van der Waals surface area contributed by atoms with Crippen LogP contribution in [0.5, 0.6) is 0 Å². The lowest BCUT2D eigenvalue weighted by Crippen LogP contribution is -2.25. The summed E-state index contributed by atoms with van der Waals surface area (Å²) in [5, 5.41) is 2.84. The maximum atomic E-state index is 12.3. The second-order valence-electron chi connectivity index (χ2n) is 6.62. The van der Waals surface area contributed by atoms with Crippen LogP contribution in [0.4, 0.5) is 5.69 Å². The van der Waals surface area contributed by atoms with Gasteiger partial charge in [-0.05, 0) is 61.6 Å². The zero-order valence-electron chi connectivity index (χ0n) is 15.1. The Hall–Kier alpha value is -2.38. The fourth-order valence-corrected chi connectivity index (χ4v) is 3.60. The molecule has 1 aliphatic carbocycles. The number of carbonyl (C=O) groups excluding carboxylic acids is 1. The Labute approximate surface area is 160 Å². The van der Waals surface area contributed by atoms with E-state index in [2.05, 4.69) is 10.0 Å². The number of anilines is 1. The van der Waals surface area contributed by atoms with E-state index < -0.39 is 10.0 Å². The van der Waals surface area contributed by atoms with Crippen molar-refractivity contribution in [2.45, 2.75) is 24.2 Å². The number of ether oxygens (including phenoxy) is 1. The van der Waals surface area contributed by atoms with Crippen LogP contribution in [0, 0.1) is 5.92 Å². The maximum Gasteiger partial charge on any atom is 0.261 e. The van der Waals surface area contributed by atoms with Gasteiger partial charge in [-0.15, -0.1) is 0 Å². The van der Waals surface area contributed by atoms with Gasteiger partial charge >= 0.3 is 0 Å². The average molecular weight is 388 g/mol. The number of sulfonamides is 1. The molecule has 7 heteroatoms. The molecule has 0 atom stereocenters. The van der Waals surface area contributed by atoms with Crippen molar-refractivity contribution < 1.29 is 17.9 Å². The summed E-state index contributed by atoms with van der Waals surface area (Å²) in [6, 6.07) is 14.5. The molecular weight excluding hydrogens is 364 g/mol. The molecule has 27 heavy (non-hydrogen) atoms. The van der Waals surface area contributed by atoms with Crippen molar-refractivity contribution in [2.75, 3.05) is 24.5 Å². The third kappa shape index (κ3) is 6.08. The molecule has 0 radical (unpaired) electrons. The molecular formula is C20H24N2O4S. The minimum atomic E-state index is -3.64. The minimum Gasteiger partial charge on any atom is -0.381 e. The van der Waals surface area contributed by atoms with Crippen LogP contribution >= 0.6 is 0 Å². The van der Waals surface area contributed by atoms with Crippen molar-refractivity contribution in [3.63, 3.8) is 0 Å². The van der Waals surface area contributed by atoms with E-state index in [1.54, 1.807) is 42.5 Å². The monoisotopic (exact) mass is 388 g/mol. The molecule has 2 aromatic carbocycles. The highest BCUT2D eigenvalue weighted by Gasteiger charge is 2.20. The molecule has 0 bridgehead atoms. The first kappa shape index (κ1) is 19.4. The third-order valence-corrected chi connectivity index (χ3v) is 5.65. The van der Waals surface area contributed by atoms with E-state index in [1.807, 2.05) is 0 Å². The highest BCUT2D eigenvalue weighted by molar-refractivity contribution is 7.92. The summed E-state index contributed by atoms with van der Waals surface area (Å²) in [5.74, 6) is 0.562. The van der Waals surface area contributed by atoms with Crippen molar-refractivity contribution in [1.82, 2.24) is 5.32 Å². The highest BCUT2D eigenvalue weighted by atomic mass is 32.2. The Morgan fingerprint density at radius 2 is 1.74 bits per heavy atom. The second-order valence-corrected chi connectivity index (χ2v) is 8.31. The number of nitrogens with one attached hydrogen (secondary N) is 2. The van der Waals surface area contributed by atoms with E-state index in [0.717, 1.165) is 18.9 Å². The van der Waals surface area contributed by atoms with Crippen molar-refractivity contribution in [2.24, 2.45) is 5.92 Å². The van der Waals surface area contributed by atoms with Gasteiger partial charge in [-0.2, -0.15) is 0 Å². The van der Waals surface area contributed by atoms with Crippen LogP contribution in [0.3, 0.4) is 0 Å². The van der Waals surface area contributed by atoms with E-state index in [4.69, 9.17) is 4.74 Å². The minimum absolute atomic E-state index is 0.186. The van der Waals surface area contributed by atoms with E-state index in [0.29, 0.717) is 24.4 Å². The third-order valence-electron chi connectivity index (χ3n) is 4.25. The highest BCUT2D eigenvalue weighted by Crippen LogP contribution is 2.28. The van der Waals surface area contributed by atoms with Gasteiger partial charge in [0, 0.05) is 31.0 Å². The number of rotatable bonds is 10. The largest absolute Gasteiger partial charge is 0.381 e. The molecule has 2 aromatic rings. The lowest BCUT2D eigenvalue weighted by molar-refractivity contribution is 0.0937. The summed E-state index contributed by atoms with van der Waals surface area (Å²) in [4.78, 5) is 12.3. The molecule has 6 nitrogen and oxygen atoms in total. The molecule has 3 rings (SSSR count). The van der Waals surface area contributed by atoms with E-state index in [-0.39, 0.29) is 10.8 Å². The van der Waals surface area contributed by atoms with Crippen LogP contribution in [0.15, 0.2) is 59.5 Å². The van der Waals surface area contributed by atoms with Crippen LogP contribution in [0.25, 0.3) is 0 Å². The number of benzene rings is 2. The summed E-state index contributed by atoms with van der Waals surface area (Å²) < 4.78 is 32.6. The number of amides is 1. The Kier molecular flexibility index (Phi) is 6.47. The predicted octanol–water partition coefficient (Wildman–Crippen LogP) is 3.03. The van der Waals surface area contributed by atoms with Gasteiger partial charge in [0.1, 0.15) is 0 Å². The van der Waals surface area contributed by atoms with Gasteiger partial charge in [0.25, 0.3) is 15.9 Å². The van der Waals surface area contributed by atoms with E-state index >= 15 is 0 Å². The Bertz CT molecular complexity index is 847. The molecule has 0 saturated heterocycles. The van der Waals surface area contributed by atoms with Gasteiger partial charge in [-0.25, -0.2) is 8.42 Å². The maximum absolute atomic E-state index is 12.3. The first-order valence-electron chi connectivity index (χ1n) is 9.08. The molecule has 1 amide bonds. The summed E-state index contributed by atoms with van der Waals surface area (Å²) in [7, 11) is -3.64. The van der Waals surface area contributed by atoms with Crippen molar-refractivity contribution >= 4 is 21.6 Å². The van der Waals surface area contributed by atoms with Crippen LogP contribution in [-0.2, 0) is 14.8 Å². The quantitative estimate of drug-likeness (QED) is 0.613. The zero-order chi connectivity index (χ0) is 19.1. The van der Waals surface area contributed by atoms with Gasteiger partial charge in [0.15, 0.2) is 0 Å². The molecule has 0 heterocycles. The second kappa shape index (κ2) is 9.01. The summed E-state index contributed by atoms with van der Waals surface area (Å²) in [5.41, 5.74) is 0.889. The van der Waals surface area contributed by atoms with Crippen LogP contribution < -0.4 is 10.0 Å². The van der Waals surface area contributed by atoms with Gasteiger partial charge in [-0.1, -0.05) is 18.2 Å². The topological polar surface area (TPSA) is 84.5 Å². The fourth-order valence-electron chi connectivity index (χ4n) is 2.52. The Morgan fingerprint density at radius 1 is 1.04 bits per heavy atom. The first-order chi connectivity index (χ1) is 13.0. The molecule has 144 valence electrons. The van der Waals surface area contributed by atoms with Gasteiger partial charge in [0.2, 0.25) is 0 Å². The molecule has 0 spiro atoms. The Morgan fingerprint density at radius 3 is 2.41 bits per heavy atom. The number of hydrogen-bond acceptors (Lipinski definition) is 4. The lowest BCUT2D eigenvalue weighted by atomic mass is 10.2. The van der Waals surface area contributed by atoms with Crippen molar-refractivity contribution in [3.05, 3.63) is 60.2 Å². The van der Waals surface area contributed by atoms with Gasteiger partial charge in [0.05, 0.1) is 4.90 Å². The average Bonchev–Trinajstić information content (AvgIpc) is 3.50. The van der Waals surface area contributed by atoms with E-state index in [9.17, 15) is 13.2 Å². The molecule has 2 N–H and O–H groups in total. The molecule has 0 aromatic heterocycles. The molecule has 1 aliphatic rings. The molecule has 0 aliphatic heterocycles. The predicted molar refractivity (Wildman–Crippen MR) is 104 cm³/mol. The van der Waals surface area contributed by atoms with Gasteiger partial charge in [-0.3, -0.25) is 9.52 Å². The SMILES string of the molecule is O=C(NCCCOCC1CC1)c1ccc(NS(=O)(=O)c2ccccc2)cc1. The van der Waals surface area contributed by atoms with E-state index in [1.165, 1.54) is 25.0 Å². The molecule has 0 unspecified atom stereocenters. The number of hydrogen-bond donors (Lipinski definition) is 2. The summed E-state index contributed by atoms with van der Waals surface area (Å²) in [6.45, 7) is 2.02. The summed E-state index contributed by atoms with van der Waals surface area (Å²) >= 11 is 0. The summed E-state index contributed by atoms with van der Waals surface area (Å²) in [6.07, 6.45) is 3.32. The lowest BCUT2D eigenvalue weighted by Gasteiger charge is -2.09. The van der Waals surface area contributed by atoms with Crippen LogP contribution in [0.1, 0.15) is 29.6 Å². The van der Waals surface area contributed by atoms with Crippen molar-refractivity contribution in [1.29, 1.82) is 0 Å². The number of carbonyl (C=O) groups is 1. The standard InChI is InChI=1S/C20H24N2O4S/c23-20(21-13-4-14-26-15-16-7-8-16)17-9-11-18(12-10-17)22-27(24,25)19-5-2-1-3-6-19/h1-3,5-6,9-12,16,22H,4,7-8,13-15H2,(H,21,23). The zero-order valence-corrected chi connectivity index (χ0v) is 15.9. The van der Waals surface area contributed by atoms with Crippen molar-refractivity contribution in [3.8, 4) is 0 Å². The Balaban J connectivity index is 1.45.